The van der Waals surface area contributed by atoms with E-state index in [-0.39, 0.29) is 18.2 Å². The fourth-order valence-electron chi connectivity index (χ4n) is 3.62. The Bertz CT molecular complexity index is 845. The maximum absolute atomic E-state index is 12.6. The van der Waals surface area contributed by atoms with Gasteiger partial charge >= 0.3 is 0 Å². The average molecular weight is 395 g/mol. The van der Waals surface area contributed by atoms with Crippen LogP contribution in [0.15, 0.2) is 42.7 Å². The number of hydrogen-bond donors (Lipinski definition) is 0. The number of pyridine rings is 1. The third kappa shape index (κ3) is 5.34. The van der Waals surface area contributed by atoms with Gasteiger partial charge in [0.15, 0.2) is 0 Å². The molecule has 2 amide bonds. The molecule has 2 aromatic rings. The SMILES string of the molecule is Cc1cccc(N2CCN(C(=O)CC(=O)N(C)CCc3ccncc3)CC2)c1C. The first-order chi connectivity index (χ1) is 14.0. The van der Waals surface area contributed by atoms with Crippen LogP contribution in [0.25, 0.3) is 0 Å². The molecule has 0 unspecified atom stereocenters. The maximum Gasteiger partial charge on any atom is 0.232 e. The van der Waals surface area contributed by atoms with E-state index in [2.05, 4.69) is 41.9 Å². The van der Waals surface area contributed by atoms with Crippen LogP contribution in [0.2, 0.25) is 0 Å². The molecule has 1 aliphatic rings. The molecule has 0 radical (unpaired) electrons. The maximum atomic E-state index is 12.6. The van der Waals surface area contributed by atoms with Crippen LogP contribution in [0, 0.1) is 13.8 Å². The Balaban J connectivity index is 1.46. The largest absolute Gasteiger partial charge is 0.368 e. The highest BCUT2D eigenvalue weighted by Gasteiger charge is 2.24. The van der Waals surface area contributed by atoms with Crippen molar-refractivity contribution >= 4 is 17.5 Å². The molecule has 0 aliphatic carbocycles. The van der Waals surface area contributed by atoms with Crippen LogP contribution in [0.3, 0.4) is 0 Å². The van der Waals surface area contributed by atoms with E-state index in [0.29, 0.717) is 19.6 Å². The molecule has 1 aromatic carbocycles. The molecule has 2 heterocycles. The number of carbonyl (C=O) groups excluding carboxylic acids is 2. The molecule has 0 atom stereocenters. The lowest BCUT2D eigenvalue weighted by Crippen LogP contribution is -2.50. The smallest absolute Gasteiger partial charge is 0.232 e. The van der Waals surface area contributed by atoms with E-state index in [1.165, 1.54) is 16.8 Å². The number of nitrogens with zero attached hydrogens (tertiary/aromatic N) is 4. The predicted octanol–water partition coefficient (Wildman–Crippen LogP) is 2.44. The highest BCUT2D eigenvalue weighted by atomic mass is 16.2. The third-order valence-electron chi connectivity index (χ3n) is 5.76. The van der Waals surface area contributed by atoms with Crippen molar-refractivity contribution in [3.05, 3.63) is 59.4 Å². The van der Waals surface area contributed by atoms with E-state index in [9.17, 15) is 9.59 Å². The molecule has 6 heteroatoms. The molecule has 154 valence electrons. The molecule has 3 rings (SSSR count). The minimum Gasteiger partial charge on any atom is -0.368 e. The van der Waals surface area contributed by atoms with Crippen LogP contribution in [0.1, 0.15) is 23.1 Å². The van der Waals surface area contributed by atoms with Crippen LogP contribution in [0.5, 0.6) is 0 Å². The van der Waals surface area contributed by atoms with Crippen molar-refractivity contribution in [2.75, 3.05) is 44.7 Å². The van der Waals surface area contributed by atoms with Gasteiger partial charge in [0.1, 0.15) is 6.42 Å². The molecule has 0 saturated carbocycles. The van der Waals surface area contributed by atoms with Crippen molar-refractivity contribution in [2.24, 2.45) is 0 Å². The molecule has 0 N–H and O–H groups in total. The van der Waals surface area contributed by atoms with Crippen molar-refractivity contribution in [3.8, 4) is 0 Å². The van der Waals surface area contributed by atoms with Gasteiger partial charge in [-0.15, -0.1) is 0 Å². The quantitative estimate of drug-likeness (QED) is 0.706. The van der Waals surface area contributed by atoms with Crippen LogP contribution < -0.4 is 4.90 Å². The fourth-order valence-corrected chi connectivity index (χ4v) is 3.62. The summed E-state index contributed by atoms with van der Waals surface area (Å²) in [6.45, 7) is 7.75. The van der Waals surface area contributed by atoms with E-state index in [4.69, 9.17) is 0 Å². The molecule has 1 aromatic heterocycles. The van der Waals surface area contributed by atoms with Gasteiger partial charge in [0.2, 0.25) is 11.8 Å². The zero-order valence-electron chi connectivity index (χ0n) is 17.6. The second-order valence-corrected chi connectivity index (χ2v) is 7.68. The molecule has 0 spiro atoms. The van der Waals surface area contributed by atoms with Gasteiger partial charge in [-0.05, 0) is 55.2 Å². The van der Waals surface area contributed by atoms with Crippen molar-refractivity contribution in [1.29, 1.82) is 0 Å². The highest BCUT2D eigenvalue weighted by molar-refractivity contribution is 5.96. The standard InChI is InChI=1S/C23H30N4O2/c1-18-5-4-6-21(19(18)2)26-13-15-27(16-14-26)23(29)17-22(28)25(3)12-9-20-7-10-24-11-8-20/h4-8,10-11H,9,12-17H2,1-3H3. The van der Waals surface area contributed by atoms with Crippen molar-refractivity contribution in [1.82, 2.24) is 14.8 Å². The molecule has 29 heavy (non-hydrogen) atoms. The summed E-state index contributed by atoms with van der Waals surface area (Å²) in [6.07, 6.45) is 4.20. The normalized spacial score (nSPS) is 14.0. The number of hydrogen-bond acceptors (Lipinski definition) is 4. The Kier molecular flexibility index (Phi) is 6.86. The topological polar surface area (TPSA) is 56.8 Å². The minimum absolute atomic E-state index is 0.0592. The molecular weight excluding hydrogens is 364 g/mol. The second-order valence-electron chi connectivity index (χ2n) is 7.68. The third-order valence-corrected chi connectivity index (χ3v) is 5.76. The lowest BCUT2D eigenvalue weighted by atomic mass is 10.1. The number of likely N-dealkylation sites (N-methyl/N-ethyl adjacent to an activating group) is 1. The van der Waals surface area contributed by atoms with Crippen LogP contribution in [-0.2, 0) is 16.0 Å². The molecule has 1 saturated heterocycles. The van der Waals surface area contributed by atoms with Gasteiger partial charge in [-0.25, -0.2) is 0 Å². The second kappa shape index (κ2) is 9.54. The number of piperazine rings is 1. The number of aryl methyl sites for hydroxylation is 1. The van der Waals surface area contributed by atoms with Crippen molar-refractivity contribution < 1.29 is 9.59 Å². The highest BCUT2D eigenvalue weighted by Crippen LogP contribution is 2.24. The summed E-state index contributed by atoms with van der Waals surface area (Å²) in [5.74, 6) is -0.201. The molecule has 1 aliphatic heterocycles. The predicted molar refractivity (Wildman–Crippen MR) is 115 cm³/mol. The molecule has 1 fully saturated rings. The van der Waals surface area contributed by atoms with Gasteiger partial charge in [-0.2, -0.15) is 0 Å². The average Bonchev–Trinajstić information content (AvgIpc) is 2.74. The number of aromatic nitrogens is 1. The van der Waals surface area contributed by atoms with E-state index in [0.717, 1.165) is 25.1 Å². The number of carbonyl (C=O) groups is 2. The van der Waals surface area contributed by atoms with E-state index < -0.39 is 0 Å². The summed E-state index contributed by atoms with van der Waals surface area (Å²) in [7, 11) is 1.76. The summed E-state index contributed by atoms with van der Waals surface area (Å²) < 4.78 is 0. The Morgan fingerprint density at radius 3 is 2.41 bits per heavy atom. The van der Waals surface area contributed by atoms with Crippen molar-refractivity contribution in [2.45, 2.75) is 26.7 Å². The molecule has 0 bridgehead atoms. The summed E-state index contributed by atoms with van der Waals surface area (Å²) in [5, 5.41) is 0. The zero-order valence-corrected chi connectivity index (χ0v) is 17.6. The first-order valence-corrected chi connectivity index (χ1v) is 10.2. The first-order valence-electron chi connectivity index (χ1n) is 10.2. The van der Waals surface area contributed by atoms with Crippen LogP contribution >= 0.6 is 0 Å². The Morgan fingerprint density at radius 1 is 1.03 bits per heavy atom. The summed E-state index contributed by atoms with van der Waals surface area (Å²) in [6, 6.07) is 10.2. The fraction of sp³-hybridized carbons (Fsp3) is 0.435. The van der Waals surface area contributed by atoms with E-state index in [1.807, 2.05) is 17.0 Å². The van der Waals surface area contributed by atoms with Gasteiger partial charge in [-0.3, -0.25) is 14.6 Å². The Morgan fingerprint density at radius 2 is 1.72 bits per heavy atom. The number of rotatable bonds is 6. The monoisotopic (exact) mass is 394 g/mol. The summed E-state index contributed by atoms with van der Waals surface area (Å²) in [5.41, 5.74) is 4.94. The molecular formula is C23H30N4O2. The van der Waals surface area contributed by atoms with Gasteiger partial charge in [-0.1, -0.05) is 12.1 Å². The Hall–Kier alpha value is -2.89. The van der Waals surface area contributed by atoms with Crippen molar-refractivity contribution in [3.63, 3.8) is 0 Å². The lowest BCUT2D eigenvalue weighted by Gasteiger charge is -2.37. The van der Waals surface area contributed by atoms with E-state index >= 15 is 0 Å². The summed E-state index contributed by atoms with van der Waals surface area (Å²) >= 11 is 0. The zero-order chi connectivity index (χ0) is 20.8. The first kappa shape index (κ1) is 20.8. The van der Waals surface area contributed by atoms with Gasteiger partial charge in [0, 0.05) is 57.9 Å². The molecule has 6 nitrogen and oxygen atoms in total. The number of amides is 2. The minimum atomic E-state index is -0.124. The Labute approximate surface area is 173 Å². The van der Waals surface area contributed by atoms with Gasteiger partial charge in [0.25, 0.3) is 0 Å². The van der Waals surface area contributed by atoms with Gasteiger partial charge < -0.3 is 14.7 Å². The lowest BCUT2D eigenvalue weighted by molar-refractivity contribution is -0.140. The summed E-state index contributed by atoms with van der Waals surface area (Å²) in [4.78, 5) is 34.8. The van der Waals surface area contributed by atoms with Crippen LogP contribution in [-0.4, -0.2) is 66.4 Å². The van der Waals surface area contributed by atoms with E-state index in [1.54, 1.807) is 24.3 Å². The van der Waals surface area contributed by atoms with Crippen LogP contribution in [0.4, 0.5) is 5.69 Å². The van der Waals surface area contributed by atoms with Gasteiger partial charge in [0.05, 0.1) is 0 Å². The number of benzene rings is 1. The number of anilines is 1.